The molecule has 0 amide bonds. The summed E-state index contributed by atoms with van der Waals surface area (Å²) < 4.78 is 33.3. The van der Waals surface area contributed by atoms with E-state index in [1.165, 1.54) is 118 Å². The van der Waals surface area contributed by atoms with Gasteiger partial charge in [-0.1, -0.05) is 293 Å². The summed E-state index contributed by atoms with van der Waals surface area (Å²) in [6, 6.07) is 148. The van der Waals surface area contributed by atoms with Gasteiger partial charge in [-0.2, -0.15) is 4.98 Å². The number of aromatic nitrogens is 9. The van der Waals surface area contributed by atoms with Gasteiger partial charge in [-0.15, -0.1) is 11.3 Å². The third-order valence-corrected chi connectivity index (χ3v) is 31.0. The molecule has 1 aliphatic carbocycles. The molecule has 14 heteroatoms. The smallest absolute Gasteiger partial charge is 0.233 e. The number of fused-ring (bicyclic) bond motifs is 36. The monoisotopic (exact) mass is 1850 g/mol. The summed E-state index contributed by atoms with van der Waals surface area (Å²) in [5.41, 5.74) is 20.3. The highest BCUT2D eigenvalue weighted by atomic mass is 32.1. The largest absolute Gasteiger partial charge is 0.456 e. The molecule has 21 aromatic carbocycles. The van der Waals surface area contributed by atoms with Crippen LogP contribution in [0.25, 0.3) is 301 Å². The van der Waals surface area contributed by atoms with Gasteiger partial charge in [0.2, 0.25) is 5.71 Å². The molecule has 32 aromatic rings. The lowest BCUT2D eigenvalue weighted by molar-refractivity contribution is 0.635. The highest BCUT2D eigenvalue weighted by Crippen LogP contribution is 2.54. The highest BCUT2D eigenvalue weighted by Gasteiger charge is 2.41. The molecular formula is C129H75N9O4S. The molecule has 0 N–H and O–H groups in total. The maximum absolute atomic E-state index is 6.48. The van der Waals surface area contributed by atoms with Crippen molar-refractivity contribution < 1.29 is 17.7 Å². The molecule has 0 saturated heterocycles. The van der Waals surface area contributed by atoms with E-state index < -0.39 is 0 Å². The van der Waals surface area contributed by atoms with Gasteiger partial charge in [-0.3, -0.25) is 13.7 Å². The number of hydrogen-bond donors (Lipinski definition) is 0. The maximum atomic E-state index is 6.48. The summed E-state index contributed by atoms with van der Waals surface area (Å²) in [6.07, 6.45) is 0. The molecule has 0 saturated carbocycles. The van der Waals surface area contributed by atoms with Gasteiger partial charge in [0.15, 0.2) is 29.1 Å². The van der Waals surface area contributed by atoms with Crippen LogP contribution in [0.3, 0.4) is 0 Å². The maximum Gasteiger partial charge on any atom is 0.233 e. The third kappa shape index (κ3) is 11.8. The molecule has 0 atom stereocenters. The van der Waals surface area contributed by atoms with Crippen LogP contribution in [0.2, 0.25) is 0 Å². The number of para-hydroxylation sites is 4. The van der Waals surface area contributed by atoms with Crippen LogP contribution in [0.1, 0.15) is 25.1 Å². The van der Waals surface area contributed by atoms with E-state index in [0.29, 0.717) is 23.2 Å². The Morgan fingerprint density at radius 3 is 1.01 bits per heavy atom. The Balaban J connectivity index is 0.0000000981. The van der Waals surface area contributed by atoms with E-state index in [1.54, 1.807) is 11.3 Å². The van der Waals surface area contributed by atoms with Gasteiger partial charge in [-0.05, 0) is 215 Å². The molecule has 33 rings (SSSR count). The SMILES string of the molecule is CC1(C)c2ccccc2-c2c(-n3c4cc5ccccc5cc4c4c5ccccc5ccc43)nc(-c3ccc4oc5ccccc5c4c3)nc21.c1ccc2cc3c(cc2c1)c1c2ccccc2ccc1n3-c1nc(-c2ccc3oc4ccccc4c3c2)nc2oc3ccccc3c12.c1ccc2cc3c(cc2c1)c1c2ccccc2ccc1n3-c1nc(-c2ccc3oc4ccccc4c3c2)nc2sc3ccccc3c12. The van der Waals surface area contributed by atoms with Crippen molar-refractivity contribution in [3.05, 3.63) is 430 Å². The molecule has 0 unspecified atom stereocenters. The van der Waals surface area contributed by atoms with Crippen LogP contribution < -0.4 is 0 Å². The van der Waals surface area contributed by atoms with Crippen LogP contribution in [0.4, 0.5) is 0 Å². The summed E-state index contributed by atoms with van der Waals surface area (Å²) >= 11 is 1.72. The summed E-state index contributed by atoms with van der Waals surface area (Å²) in [6.45, 7) is 4.58. The Morgan fingerprint density at radius 1 is 0.224 bits per heavy atom. The van der Waals surface area contributed by atoms with Crippen molar-refractivity contribution in [2.75, 3.05) is 0 Å². The van der Waals surface area contributed by atoms with E-state index in [2.05, 4.69) is 367 Å². The van der Waals surface area contributed by atoms with Crippen LogP contribution in [0.15, 0.2) is 436 Å². The van der Waals surface area contributed by atoms with E-state index in [4.69, 9.17) is 47.6 Å². The second kappa shape index (κ2) is 30.1. The van der Waals surface area contributed by atoms with Crippen molar-refractivity contribution in [2.24, 2.45) is 0 Å². The van der Waals surface area contributed by atoms with Crippen molar-refractivity contribution in [3.8, 4) is 62.7 Å². The minimum absolute atomic E-state index is 0.317. The molecular weight excluding hydrogens is 1770 g/mol. The predicted molar refractivity (Wildman–Crippen MR) is 590 cm³/mol. The van der Waals surface area contributed by atoms with E-state index in [9.17, 15) is 0 Å². The van der Waals surface area contributed by atoms with Crippen molar-refractivity contribution in [3.63, 3.8) is 0 Å². The van der Waals surface area contributed by atoms with E-state index >= 15 is 0 Å². The fraction of sp³-hybridized carbons (Fsp3) is 0.0233. The van der Waals surface area contributed by atoms with Gasteiger partial charge in [0.1, 0.15) is 49.7 Å². The standard InChI is InChI=1S/C45H29N3O.C42H23N3O2.C42H23N3OS/c1-45(2)35-17-9-7-16-32(35)41-42(45)46-43(29-20-22-39-33(24-29)31-15-8-10-18-38(31)49-39)47-44(41)48-36-21-19-26-11-5-6-14-30(26)40(36)34-23-27-12-3-4-13-28(27)25-37(34)48;1-2-11-26-23-34-32(21-25(26)10-1)38-28-12-4-3-9-24(28)17-19-33(38)45(34)41-39-30-14-6-8-16-36(30)47-42(39)44-40(43-41)27-18-20-37-31(22-27)29-13-5-7-15-35(29)46-37;1-2-11-26-23-34-32(21-25(26)10-1)38-28-12-4-3-9-24(28)17-19-33(38)45(34)41-39-30-14-6-8-16-37(30)47-42(39)44-40(43-41)27-18-20-36-31(22-27)29-13-5-7-15-35(29)46-36/h3-25H,1-2H3;2*1-23H. The van der Waals surface area contributed by atoms with Crippen LogP contribution in [0, 0.1) is 0 Å². The van der Waals surface area contributed by atoms with Gasteiger partial charge in [-0.25, -0.2) is 24.9 Å². The molecule has 0 fully saturated rings. The highest BCUT2D eigenvalue weighted by molar-refractivity contribution is 7.25. The Bertz CT molecular complexity index is 10800. The van der Waals surface area contributed by atoms with Gasteiger partial charge >= 0.3 is 0 Å². The number of nitrogens with zero attached hydrogens (tertiary/aromatic N) is 9. The van der Waals surface area contributed by atoms with Crippen molar-refractivity contribution in [1.29, 1.82) is 0 Å². The summed E-state index contributed by atoms with van der Waals surface area (Å²) in [5.74, 6) is 4.58. The fourth-order valence-electron chi connectivity index (χ4n) is 23.3. The first-order chi connectivity index (χ1) is 70.6. The second-order valence-electron chi connectivity index (χ2n) is 38.2. The molecule has 11 heterocycles. The molecule has 666 valence electrons. The predicted octanol–water partition coefficient (Wildman–Crippen LogP) is 34.9. The first kappa shape index (κ1) is 79.3. The third-order valence-electron chi connectivity index (χ3n) is 29.9. The molecule has 0 radical (unpaired) electrons. The first-order valence-corrected chi connectivity index (χ1v) is 49.1. The van der Waals surface area contributed by atoms with Gasteiger partial charge in [0.25, 0.3) is 0 Å². The Morgan fingerprint density at radius 2 is 0.559 bits per heavy atom. The van der Waals surface area contributed by atoms with Crippen LogP contribution in [-0.2, 0) is 5.41 Å². The van der Waals surface area contributed by atoms with Crippen molar-refractivity contribution in [1.82, 2.24) is 43.6 Å². The normalized spacial score (nSPS) is 12.7. The lowest BCUT2D eigenvalue weighted by Gasteiger charge is -2.21. The zero-order valence-electron chi connectivity index (χ0n) is 76.9. The van der Waals surface area contributed by atoms with Crippen LogP contribution >= 0.6 is 11.3 Å². The molecule has 0 aliphatic heterocycles. The average molecular weight is 1850 g/mol. The van der Waals surface area contributed by atoms with Gasteiger partial charge < -0.3 is 17.7 Å². The number of rotatable bonds is 6. The topological polar surface area (TPSA) is 145 Å². The number of furan rings is 4. The van der Waals surface area contributed by atoms with Gasteiger partial charge in [0.05, 0.1) is 49.6 Å². The fourth-order valence-corrected chi connectivity index (χ4v) is 24.4. The molecule has 143 heavy (non-hydrogen) atoms. The zero-order valence-corrected chi connectivity index (χ0v) is 77.7. The van der Waals surface area contributed by atoms with Crippen molar-refractivity contribution >= 4 is 250 Å². The quantitative estimate of drug-likeness (QED) is 0.158. The minimum Gasteiger partial charge on any atom is -0.456 e. The minimum atomic E-state index is -0.317. The van der Waals surface area contributed by atoms with E-state index in [0.717, 1.165) is 171 Å². The number of thiophene rings is 1. The van der Waals surface area contributed by atoms with Crippen LogP contribution in [-0.4, -0.2) is 43.6 Å². The van der Waals surface area contributed by atoms with Gasteiger partial charge in [0, 0.05) is 108 Å². The Kier molecular flexibility index (Phi) is 16.7. The molecule has 13 nitrogen and oxygen atoms in total. The second-order valence-corrected chi connectivity index (χ2v) is 39.2. The average Bonchev–Trinajstić information content (AvgIpc) is 1.56. The summed E-state index contributed by atoms with van der Waals surface area (Å²) in [5, 5.41) is 32.4. The lowest BCUT2D eigenvalue weighted by Crippen LogP contribution is -2.18. The first-order valence-electron chi connectivity index (χ1n) is 48.3. The Hall–Kier alpha value is -18.8. The molecule has 0 bridgehead atoms. The zero-order chi connectivity index (χ0) is 93.7. The number of hydrogen-bond acceptors (Lipinski definition) is 11. The molecule has 1 aliphatic rings. The summed E-state index contributed by atoms with van der Waals surface area (Å²) in [7, 11) is 0. The summed E-state index contributed by atoms with van der Waals surface area (Å²) in [4.78, 5) is 33.2. The molecule has 0 spiro atoms. The Labute approximate surface area is 816 Å². The lowest BCUT2D eigenvalue weighted by atomic mass is 9.85. The van der Waals surface area contributed by atoms with E-state index in [-0.39, 0.29) is 5.41 Å². The van der Waals surface area contributed by atoms with E-state index in [1.807, 2.05) is 78.9 Å². The molecule has 11 aromatic heterocycles. The van der Waals surface area contributed by atoms with Crippen molar-refractivity contribution in [2.45, 2.75) is 19.3 Å². The van der Waals surface area contributed by atoms with Crippen LogP contribution in [0.5, 0.6) is 0 Å². The number of benzene rings is 21.